The fraction of sp³-hybridized carbons (Fsp3) is 0.375. The molecule has 2 aliphatic heterocycles. The molecule has 0 N–H and O–H groups in total. The van der Waals surface area contributed by atoms with E-state index in [2.05, 4.69) is 45.7 Å². The summed E-state index contributed by atoms with van der Waals surface area (Å²) in [4.78, 5) is 9.35. The predicted octanol–water partition coefficient (Wildman–Crippen LogP) is 3.73. The molecule has 2 aromatic heterocycles. The molecule has 0 aliphatic carbocycles. The van der Waals surface area contributed by atoms with Gasteiger partial charge in [-0.2, -0.15) is 4.98 Å². The first-order valence-electron chi connectivity index (χ1n) is 10.8. The van der Waals surface area contributed by atoms with Crippen molar-refractivity contribution in [2.45, 2.75) is 13.0 Å². The molecule has 0 spiro atoms. The number of nitrogens with zero attached hydrogens (tertiary/aromatic N) is 4. The van der Waals surface area contributed by atoms with Crippen molar-refractivity contribution >= 4 is 33.7 Å². The van der Waals surface area contributed by atoms with Crippen LogP contribution in [0.15, 0.2) is 40.8 Å². The van der Waals surface area contributed by atoms with Gasteiger partial charge in [0.2, 0.25) is 0 Å². The quantitative estimate of drug-likeness (QED) is 0.505. The standard InChI is InChI=1S/C24H26N4O3/c1-26-21-5-4-17(29-2)14-19(21)18-7-8-28(15-22(18)26)16-3-6-23-20(13-16)25-24(31-23)27-9-11-30-12-10-27/h3-6,13-14H,7-12,15H2,1-2H3. The zero-order valence-electron chi connectivity index (χ0n) is 17.9. The number of morpholine rings is 1. The van der Waals surface area contributed by atoms with Gasteiger partial charge >= 0.3 is 0 Å². The second-order valence-electron chi connectivity index (χ2n) is 8.29. The van der Waals surface area contributed by atoms with Crippen LogP contribution < -0.4 is 14.5 Å². The number of hydrogen-bond acceptors (Lipinski definition) is 6. The topological polar surface area (TPSA) is 55.9 Å². The van der Waals surface area contributed by atoms with Gasteiger partial charge in [-0.1, -0.05) is 0 Å². The van der Waals surface area contributed by atoms with E-state index in [0.717, 1.165) is 62.7 Å². The maximum atomic E-state index is 6.01. The Labute approximate surface area is 180 Å². The second-order valence-corrected chi connectivity index (χ2v) is 8.29. The van der Waals surface area contributed by atoms with Crippen LogP contribution in [0.3, 0.4) is 0 Å². The van der Waals surface area contributed by atoms with E-state index in [1.165, 1.54) is 27.8 Å². The molecule has 4 heterocycles. The van der Waals surface area contributed by atoms with Crippen molar-refractivity contribution in [3.05, 3.63) is 47.7 Å². The Morgan fingerprint density at radius 3 is 2.71 bits per heavy atom. The van der Waals surface area contributed by atoms with E-state index in [0.29, 0.717) is 6.01 Å². The number of fused-ring (bicyclic) bond motifs is 4. The van der Waals surface area contributed by atoms with E-state index in [1.807, 2.05) is 12.1 Å². The van der Waals surface area contributed by atoms with Gasteiger partial charge in [-0.3, -0.25) is 0 Å². The van der Waals surface area contributed by atoms with Crippen molar-refractivity contribution in [3.8, 4) is 5.75 Å². The average Bonchev–Trinajstić information content (AvgIpc) is 3.38. The SMILES string of the molecule is COc1ccc2c(c1)c1c(n2C)CN(c2ccc3oc(N4CCOCC4)nc3c2)CC1. The van der Waals surface area contributed by atoms with E-state index in [9.17, 15) is 0 Å². The summed E-state index contributed by atoms with van der Waals surface area (Å²) in [6, 6.07) is 13.4. The first-order valence-corrected chi connectivity index (χ1v) is 10.8. The van der Waals surface area contributed by atoms with Crippen molar-refractivity contribution in [2.75, 3.05) is 49.8 Å². The van der Waals surface area contributed by atoms with Crippen LogP contribution in [0.1, 0.15) is 11.3 Å². The number of anilines is 2. The molecule has 2 aliphatic rings. The Bertz CT molecular complexity index is 1270. The van der Waals surface area contributed by atoms with Crippen LogP contribution in [0.2, 0.25) is 0 Å². The predicted molar refractivity (Wildman–Crippen MR) is 121 cm³/mol. The van der Waals surface area contributed by atoms with Gasteiger partial charge in [0.05, 0.1) is 26.9 Å². The molecule has 7 heteroatoms. The van der Waals surface area contributed by atoms with Gasteiger partial charge in [-0.15, -0.1) is 0 Å². The molecule has 0 saturated carbocycles. The number of benzene rings is 2. The molecule has 6 rings (SSSR count). The van der Waals surface area contributed by atoms with Gasteiger partial charge in [0, 0.05) is 49.0 Å². The number of aromatic nitrogens is 2. The van der Waals surface area contributed by atoms with Crippen LogP contribution in [0, 0.1) is 0 Å². The van der Waals surface area contributed by atoms with E-state index >= 15 is 0 Å². The fourth-order valence-electron chi connectivity index (χ4n) is 4.88. The highest BCUT2D eigenvalue weighted by molar-refractivity contribution is 5.87. The smallest absolute Gasteiger partial charge is 0.298 e. The monoisotopic (exact) mass is 418 g/mol. The van der Waals surface area contributed by atoms with Gasteiger partial charge in [-0.25, -0.2) is 0 Å². The van der Waals surface area contributed by atoms with Crippen LogP contribution in [0.25, 0.3) is 22.0 Å². The zero-order valence-corrected chi connectivity index (χ0v) is 17.9. The Morgan fingerprint density at radius 2 is 1.87 bits per heavy atom. The minimum atomic E-state index is 0.694. The molecular weight excluding hydrogens is 392 g/mol. The van der Waals surface area contributed by atoms with Crippen LogP contribution in [-0.4, -0.2) is 49.5 Å². The summed E-state index contributed by atoms with van der Waals surface area (Å²) in [5, 5.41) is 1.30. The number of hydrogen-bond donors (Lipinski definition) is 0. The highest BCUT2D eigenvalue weighted by Crippen LogP contribution is 2.35. The fourth-order valence-corrected chi connectivity index (χ4v) is 4.88. The molecule has 0 unspecified atom stereocenters. The molecule has 0 atom stereocenters. The van der Waals surface area contributed by atoms with E-state index in [4.69, 9.17) is 18.9 Å². The number of rotatable bonds is 3. The minimum Gasteiger partial charge on any atom is -0.497 e. The van der Waals surface area contributed by atoms with Crippen molar-refractivity contribution in [1.29, 1.82) is 0 Å². The Hall–Kier alpha value is -3.19. The van der Waals surface area contributed by atoms with Crippen molar-refractivity contribution in [3.63, 3.8) is 0 Å². The number of oxazole rings is 1. The molecule has 0 radical (unpaired) electrons. The van der Waals surface area contributed by atoms with Crippen LogP contribution in [-0.2, 0) is 24.8 Å². The molecule has 4 aromatic rings. The van der Waals surface area contributed by atoms with Gasteiger partial charge in [-0.05, 0) is 48.4 Å². The summed E-state index contributed by atoms with van der Waals surface area (Å²) in [6.45, 7) is 4.93. The third-order valence-corrected chi connectivity index (χ3v) is 6.62. The molecule has 1 saturated heterocycles. The lowest BCUT2D eigenvalue weighted by molar-refractivity contribution is 0.120. The van der Waals surface area contributed by atoms with Crippen molar-refractivity contribution in [2.24, 2.45) is 7.05 Å². The number of aryl methyl sites for hydroxylation is 1. The lowest BCUT2D eigenvalue weighted by Gasteiger charge is -2.30. The Kier molecular flexibility index (Phi) is 4.31. The highest BCUT2D eigenvalue weighted by Gasteiger charge is 2.24. The molecule has 0 bridgehead atoms. The minimum absolute atomic E-state index is 0.694. The maximum absolute atomic E-state index is 6.01. The highest BCUT2D eigenvalue weighted by atomic mass is 16.5. The Balaban J connectivity index is 1.32. The largest absolute Gasteiger partial charge is 0.497 e. The van der Waals surface area contributed by atoms with Crippen molar-refractivity contribution < 1.29 is 13.9 Å². The zero-order chi connectivity index (χ0) is 20.9. The lowest BCUT2D eigenvalue weighted by Crippen LogP contribution is -2.36. The third kappa shape index (κ3) is 3.03. The van der Waals surface area contributed by atoms with E-state index < -0.39 is 0 Å². The second kappa shape index (κ2) is 7.20. The van der Waals surface area contributed by atoms with Gasteiger partial charge in [0.15, 0.2) is 5.58 Å². The summed E-state index contributed by atoms with van der Waals surface area (Å²) in [6.07, 6.45) is 1.01. The summed E-state index contributed by atoms with van der Waals surface area (Å²) >= 11 is 0. The van der Waals surface area contributed by atoms with Gasteiger partial charge in [0.25, 0.3) is 6.01 Å². The molecule has 31 heavy (non-hydrogen) atoms. The van der Waals surface area contributed by atoms with Gasteiger partial charge in [0.1, 0.15) is 11.3 Å². The molecule has 0 amide bonds. The van der Waals surface area contributed by atoms with Crippen LogP contribution in [0.5, 0.6) is 5.75 Å². The van der Waals surface area contributed by atoms with E-state index in [-0.39, 0.29) is 0 Å². The molecule has 2 aromatic carbocycles. The number of methoxy groups -OCH3 is 1. The molecule has 160 valence electrons. The molecular formula is C24H26N4O3. The van der Waals surface area contributed by atoms with E-state index in [1.54, 1.807) is 7.11 Å². The van der Waals surface area contributed by atoms with Gasteiger partial charge < -0.3 is 28.3 Å². The summed E-state index contributed by atoms with van der Waals surface area (Å²) in [7, 11) is 3.88. The van der Waals surface area contributed by atoms with Crippen molar-refractivity contribution in [1.82, 2.24) is 9.55 Å². The normalized spacial score (nSPS) is 16.8. The summed E-state index contributed by atoms with van der Waals surface area (Å²) in [5.74, 6) is 0.913. The average molecular weight is 418 g/mol. The Morgan fingerprint density at radius 1 is 1.00 bits per heavy atom. The van der Waals surface area contributed by atoms with Crippen LogP contribution in [0.4, 0.5) is 11.7 Å². The molecule has 7 nitrogen and oxygen atoms in total. The number of ether oxygens (including phenoxy) is 2. The maximum Gasteiger partial charge on any atom is 0.298 e. The lowest BCUT2D eigenvalue weighted by atomic mass is 10.0. The first-order chi connectivity index (χ1) is 15.2. The molecule has 1 fully saturated rings. The van der Waals surface area contributed by atoms with Crippen LogP contribution >= 0.6 is 0 Å². The summed E-state index contributed by atoms with van der Waals surface area (Å²) in [5.41, 5.74) is 6.98. The summed E-state index contributed by atoms with van der Waals surface area (Å²) < 4.78 is 19.2. The third-order valence-electron chi connectivity index (χ3n) is 6.62. The first kappa shape index (κ1) is 18.6.